The van der Waals surface area contributed by atoms with E-state index >= 15 is 0 Å². The lowest BCUT2D eigenvalue weighted by Gasteiger charge is -2.24. The van der Waals surface area contributed by atoms with Gasteiger partial charge in [-0.3, -0.25) is 9.36 Å². The van der Waals surface area contributed by atoms with Crippen LogP contribution in [0.15, 0.2) is 72.4 Å². The maximum absolute atomic E-state index is 13.3. The van der Waals surface area contributed by atoms with Crippen LogP contribution in [0.2, 0.25) is 0 Å². The molecule has 0 N–H and O–H groups in total. The van der Waals surface area contributed by atoms with Crippen LogP contribution in [0.4, 0.5) is 5.69 Å². The first-order valence-electron chi connectivity index (χ1n) is 10.1. The summed E-state index contributed by atoms with van der Waals surface area (Å²) in [6.07, 6.45) is 2.06. The molecule has 0 spiro atoms. The third kappa shape index (κ3) is 5.41. The zero-order chi connectivity index (χ0) is 22.2. The molecule has 0 radical (unpaired) electrons. The molecule has 0 bridgehead atoms. The first kappa shape index (κ1) is 22.3. The molecule has 3 aromatic rings. The molecular weight excluding hydrogens is 406 g/mol. The number of hydrogen-bond donors (Lipinski definition) is 0. The smallest absolute Gasteiger partial charge is 0.240 e. The molecular formula is C24H25N5OS. The van der Waals surface area contributed by atoms with Crippen molar-refractivity contribution in [3.63, 3.8) is 0 Å². The molecule has 0 fully saturated rings. The van der Waals surface area contributed by atoms with E-state index in [1.807, 2.05) is 66.9 Å². The van der Waals surface area contributed by atoms with Gasteiger partial charge >= 0.3 is 0 Å². The van der Waals surface area contributed by atoms with Crippen LogP contribution >= 0.6 is 11.8 Å². The van der Waals surface area contributed by atoms with E-state index in [1.54, 1.807) is 11.0 Å². The normalized spacial score (nSPS) is 11.5. The van der Waals surface area contributed by atoms with Gasteiger partial charge in [0.1, 0.15) is 0 Å². The van der Waals surface area contributed by atoms with Gasteiger partial charge in [-0.1, -0.05) is 59.8 Å². The Labute approximate surface area is 187 Å². The summed E-state index contributed by atoms with van der Waals surface area (Å²) in [6, 6.07) is 19.6. The number of carbonyl (C=O) groups is 1. The lowest BCUT2D eigenvalue weighted by molar-refractivity contribution is -0.117. The Morgan fingerprint density at radius 1 is 1.26 bits per heavy atom. The van der Waals surface area contributed by atoms with Gasteiger partial charge in [0.2, 0.25) is 5.91 Å². The van der Waals surface area contributed by atoms with Gasteiger partial charge in [0.25, 0.3) is 0 Å². The van der Waals surface area contributed by atoms with Crippen molar-refractivity contribution >= 4 is 23.4 Å². The molecule has 1 atom stereocenters. The van der Waals surface area contributed by atoms with Gasteiger partial charge in [0.05, 0.1) is 17.7 Å². The van der Waals surface area contributed by atoms with Crippen LogP contribution < -0.4 is 4.90 Å². The van der Waals surface area contributed by atoms with Crippen LogP contribution in [0.5, 0.6) is 0 Å². The summed E-state index contributed by atoms with van der Waals surface area (Å²) >= 11 is 1.36. The van der Waals surface area contributed by atoms with Crippen LogP contribution in [0.1, 0.15) is 18.9 Å². The second-order valence-corrected chi connectivity index (χ2v) is 8.38. The topological polar surface area (TPSA) is 74.8 Å². The Hall–Kier alpha value is -3.37. The minimum Gasteiger partial charge on any atom is -0.310 e. The molecule has 0 aliphatic heterocycles. The lowest BCUT2D eigenvalue weighted by atomic mass is 10.1. The average molecular weight is 432 g/mol. The summed E-state index contributed by atoms with van der Waals surface area (Å²) in [5.41, 5.74) is 2.89. The van der Waals surface area contributed by atoms with E-state index in [-0.39, 0.29) is 12.3 Å². The standard InChI is InChI=1S/C24H25N5OS/c1-4-15-29-22(20-11-8-10-18(2)17-20)26-27-24(29)31-19(3)23(30)28(16-9-14-25)21-12-6-5-7-13-21/h4-8,10-13,17,19H,1,9,15-16H2,2-3H3. The van der Waals surface area contributed by atoms with Crippen molar-refractivity contribution in [2.24, 2.45) is 0 Å². The first-order chi connectivity index (χ1) is 15.0. The summed E-state index contributed by atoms with van der Waals surface area (Å²) in [6.45, 7) is 8.63. The van der Waals surface area contributed by atoms with Gasteiger partial charge in [-0.2, -0.15) is 5.26 Å². The number of amides is 1. The minimum atomic E-state index is -0.406. The molecule has 1 unspecified atom stereocenters. The molecule has 7 heteroatoms. The Bertz CT molecular complexity index is 1090. The van der Waals surface area contributed by atoms with Crippen molar-refractivity contribution in [3.8, 4) is 17.5 Å². The number of allylic oxidation sites excluding steroid dienone is 1. The van der Waals surface area contributed by atoms with Crippen molar-refractivity contribution < 1.29 is 4.79 Å². The summed E-state index contributed by atoms with van der Waals surface area (Å²) in [4.78, 5) is 14.9. The van der Waals surface area contributed by atoms with E-state index in [9.17, 15) is 4.79 Å². The fraction of sp³-hybridized carbons (Fsp3) is 0.250. The minimum absolute atomic E-state index is 0.0725. The molecule has 1 amide bonds. The number of anilines is 1. The number of nitrogens with zero attached hydrogens (tertiary/aromatic N) is 5. The second kappa shape index (κ2) is 10.6. The highest BCUT2D eigenvalue weighted by Gasteiger charge is 2.25. The number of nitriles is 1. The highest BCUT2D eigenvalue weighted by Crippen LogP contribution is 2.29. The largest absolute Gasteiger partial charge is 0.310 e. The van der Waals surface area contributed by atoms with Gasteiger partial charge in [0, 0.05) is 24.3 Å². The molecule has 158 valence electrons. The maximum Gasteiger partial charge on any atom is 0.240 e. The van der Waals surface area contributed by atoms with E-state index in [2.05, 4.69) is 28.9 Å². The van der Waals surface area contributed by atoms with E-state index in [0.29, 0.717) is 18.2 Å². The fourth-order valence-corrected chi connectivity index (χ4v) is 4.15. The second-order valence-electron chi connectivity index (χ2n) is 7.07. The molecule has 31 heavy (non-hydrogen) atoms. The van der Waals surface area contributed by atoms with Gasteiger partial charge in [-0.05, 0) is 32.0 Å². The molecule has 0 saturated carbocycles. The zero-order valence-corrected chi connectivity index (χ0v) is 18.5. The van der Waals surface area contributed by atoms with Crippen molar-refractivity contribution in [2.45, 2.75) is 37.2 Å². The van der Waals surface area contributed by atoms with Crippen molar-refractivity contribution in [2.75, 3.05) is 11.4 Å². The van der Waals surface area contributed by atoms with Crippen molar-refractivity contribution in [1.82, 2.24) is 14.8 Å². The van der Waals surface area contributed by atoms with E-state index in [0.717, 1.165) is 22.6 Å². The fourth-order valence-electron chi connectivity index (χ4n) is 3.23. The number of carbonyl (C=O) groups excluding carboxylic acids is 1. The molecule has 1 heterocycles. The Morgan fingerprint density at radius 2 is 2.03 bits per heavy atom. The van der Waals surface area contributed by atoms with E-state index < -0.39 is 5.25 Å². The van der Waals surface area contributed by atoms with Crippen LogP contribution in [-0.4, -0.2) is 32.5 Å². The molecule has 0 aliphatic rings. The molecule has 2 aromatic carbocycles. The van der Waals surface area contributed by atoms with Crippen LogP contribution in [0.25, 0.3) is 11.4 Å². The molecule has 6 nitrogen and oxygen atoms in total. The lowest BCUT2D eigenvalue weighted by Crippen LogP contribution is -2.37. The predicted molar refractivity (Wildman–Crippen MR) is 125 cm³/mol. The summed E-state index contributed by atoms with van der Waals surface area (Å²) < 4.78 is 1.97. The number of rotatable bonds is 9. The Morgan fingerprint density at radius 3 is 2.71 bits per heavy atom. The highest BCUT2D eigenvalue weighted by molar-refractivity contribution is 8.00. The Balaban J connectivity index is 1.86. The monoisotopic (exact) mass is 431 g/mol. The summed E-state index contributed by atoms with van der Waals surface area (Å²) in [5.74, 6) is 0.673. The van der Waals surface area contributed by atoms with E-state index in [4.69, 9.17) is 5.26 Å². The van der Waals surface area contributed by atoms with Gasteiger partial charge in [-0.15, -0.1) is 16.8 Å². The molecule has 0 aliphatic carbocycles. The number of hydrogen-bond acceptors (Lipinski definition) is 5. The highest BCUT2D eigenvalue weighted by atomic mass is 32.2. The van der Waals surface area contributed by atoms with Crippen LogP contribution in [-0.2, 0) is 11.3 Å². The number of aromatic nitrogens is 3. The van der Waals surface area contributed by atoms with Crippen LogP contribution in [0, 0.1) is 18.3 Å². The third-order valence-corrected chi connectivity index (χ3v) is 5.78. The number of benzene rings is 2. The number of aryl methyl sites for hydroxylation is 1. The predicted octanol–water partition coefficient (Wildman–Crippen LogP) is 4.87. The number of para-hydroxylation sites is 1. The van der Waals surface area contributed by atoms with Crippen LogP contribution in [0.3, 0.4) is 0 Å². The van der Waals surface area contributed by atoms with E-state index in [1.165, 1.54) is 11.8 Å². The van der Waals surface area contributed by atoms with Gasteiger partial charge in [0.15, 0.2) is 11.0 Å². The summed E-state index contributed by atoms with van der Waals surface area (Å²) in [7, 11) is 0. The quantitative estimate of drug-likeness (QED) is 0.357. The van der Waals surface area contributed by atoms with Gasteiger partial charge in [-0.25, -0.2) is 0 Å². The summed E-state index contributed by atoms with van der Waals surface area (Å²) in [5, 5.41) is 18.0. The third-order valence-electron chi connectivity index (χ3n) is 4.72. The molecule has 3 rings (SSSR count). The average Bonchev–Trinajstić information content (AvgIpc) is 3.17. The number of thioether (sulfide) groups is 1. The van der Waals surface area contributed by atoms with Gasteiger partial charge < -0.3 is 4.90 Å². The SMILES string of the molecule is C=CCn1c(SC(C)C(=O)N(CCC#N)c2ccccc2)nnc1-c1cccc(C)c1. The van der Waals surface area contributed by atoms with Crippen molar-refractivity contribution in [3.05, 3.63) is 72.8 Å². The first-order valence-corrected chi connectivity index (χ1v) is 10.9. The Kier molecular flexibility index (Phi) is 7.63. The molecule has 0 saturated heterocycles. The van der Waals surface area contributed by atoms with Crippen molar-refractivity contribution in [1.29, 1.82) is 5.26 Å². The zero-order valence-electron chi connectivity index (χ0n) is 17.7. The molecule has 1 aromatic heterocycles. The maximum atomic E-state index is 13.3.